The van der Waals surface area contributed by atoms with Gasteiger partial charge in [0, 0.05) is 0 Å². The monoisotopic (exact) mass is 487 g/mol. The summed E-state index contributed by atoms with van der Waals surface area (Å²) in [5.41, 5.74) is 11.0. The zero-order valence-electron chi connectivity index (χ0n) is 20.5. The van der Waals surface area contributed by atoms with E-state index in [-0.39, 0.29) is 24.7 Å². The highest BCUT2D eigenvalue weighted by molar-refractivity contribution is 5.94. The molecule has 12 heteroatoms. The predicted molar refractivity (Wildman–Crippen MR) is 125 cm³/mol. The van der Waals surface area contributed by atoms with Gasteiger partial charge in [-0.25, -0.2) is 4.79 Å². The number of nitrogens with two attached hydrogens (primary N) is 2. The molecule has 5 atom stereocenters. The van der Waals surface area contributed by atoms with E-state index in [9.17, 15) is 29.1 Å². The number of carboxylic acids is 2. The average molecular weight is 488 g/mol. The number of nitrogens with one attached hydrogen (secondary N) is 3. The summed E-state index contributed by atoms with van der Waals surface area (Å²) < 4.78 is 0. The largest absolute Gasteiger partial charge is 0.481 e. The summed E-state index contributed by atoms with van der Waals surface area (Å²) in [6.07, 6.45) is 1.50. The highest BCUT2D eigenvalue weighted by atomic mass is 16.4. The van der Waals surface area contributed by atoms with Crippen molar-refractivity contribution in [2.75, 3.05) is 6.54 Å². The molecule has 0 aliphatic carbocycles. The Morgan fingerprint density at radius 3 is 1.91 bits per heavy atom. The fourth-order valence-electron chi connectivity index (χ4n) is 3.23. The van der Waals surface area contributed by atoms with Gasteiger partial charge < -0.3 is 37.6 Å². The maximum Gasteiger partial charge on any atom is 0.326 e. The van der Waals surface area contributed by atoms with Crippen LogP contribution < -0.4 is 27.4 Å². The normalized spacial score (nSPS) is 15.5. The van der Waals surface area contributed by atoms with Crippen molar-refractivity contribution in [3.8, 4) is 0 Å². The third-order valence-corrected chi connectivity index (χ3v) is 5.43. The number of carboxylic acid groups (broad SMARTS) is 2. The minimum Gasteiger partial charge on any atom is -0.481 e. The van der Waals surface area contributed by atoms with E-state index >= 15 is 0 Å². The molecule has 9 N–H and O–H groups in total. The second-order valence-electron chi connectivity index (χ2n) is 8.95. The summed E-state index contributed by atoms with van der Waals surface area (Å²) >= 11 is 0. The molecule has 0 fully saturated rings. The number of carbonyl (C=O) groups excluding carboxylic acids is 3. The molecule has 0 aromatic carbocycles. The molecular formula is C22H41N5O7. The number of hydrogen-bond acceptors (Lipinski definition) is 7. The third kappa shape index (κ3) is 11.9. The number of rotatable bonds is 17. The molecule has 0 bridgehead atoms. The van der Waals surface area contributed by atoms with Crippen molar-refractivity contribution in [2.45, 2.75) is 90.4 Å². The van der Waals surface area contributed by atoms with Crippen molar-refractivity contribution in [2.24, 2.45) is 23.3 Å². The lowest BCUT2D eigenvalue weighted by atomic mass is 9.96. The van der Waals surface area contributed by atoms with E-state index in [0.29, 0.717) is 25.8 Å². The van der Waals surface area contributed by atoms with Gasteiger partial charge in [-0.15, -0.1) is 0 Å². The molecule has 34 heavy (non-hydrogen) atoms. The smallest absolute Gasteiger partial charge is 0.326 e. The Morgan fingerprint density at radius 2 is 1.44 bits per heavy atom. The molecule has 0 aromatic rings. The molecule has 0 saturated carbocycles. The molecule has 0 radical (unpaired) electrons. The number of amides is 3. The second-order valence-corrected chi connectivity index (χ2v) is 8.95. The van der Waals surface area contributed by atoms with E-state index in [1.54, 1.807) is 6.92 Å². The molecule has 0 heterocycles. The van der Waals surface area contributed by atoms with Crippen LogP contribution in [0.5, 0.6) is 0 Å². The Kier molecular flexibility index (Phi) is 14.7. The van der Waals surface area contributed by atoms with Crippen LogP contribution in [0.15, 0.2) is 0 Å². The fraction of sp³-hybridized carbons (Fsp3) is 0.773. The van der Waals surface area contributed by atoms with Gasteiger partial charge in [0.1, 0.15) is 18.1 Å². The minimum atomic E-state index is -1.34. The Balaban J connectivity index is 5.51. The highest BCUT2D eigenvalue weighted by Gasteiger charge is 2.33. The van der Waals surface area contributed by atoms with Crippen molar-refractivity contribution in [1.29, 1.82) is 0 Å². The first kappa shape index (κ1) is 31.3. The zero-order chi connectivity index (χ0) is 26.4. The van der Waals surface area contributed by atoms with E-state index in [2.05, 4.69) is 16.0 Å². The SMILES string of the molecule is CC[C@H](C)[C@H](NC(=O)[C@@H](N)CC(=O)O)C(=O)N[C@@H](CC(C)C)C(=O)N[C@@H](CCCCN)C(=O)O. The molecule has 3 amide bonds. The van der Waals surface area contributed by atoms with Crippen LogP contribution in [0.4, 0.5) is 0 Å². The van der Waals surface area contributed by atoms with Crippen molar-refractivity contribution in [1.82, 2.24) is 16.0 Å². The minimum absolute atomic E-state index is 0.00260. The lowest BCUT2D eigenvalue weighted by molar-refractivity contribution is -0.142. The first-order valence-electron chi connectivity index (χ1n) is 11.6. The predicted octanol–water partition coefficient (Wildman–Crippen LogP) is -0.451. The Hall–Kier alpha value is -2.73. The van der Waals surface area contributed by atoms with Crippen LogP contribution in [-0.4, -0.2) is 70.6 Å². The van der Waals surface area contributed by atoms with Crippen molar-refractivity contribution in [3.05, 3.63) is 0 Å². The van der Waals surface area contributed by atoms with E-state index in [0.717, 1.165) is 0 Å². The summed E-state index contributed by atoms with van der Waals surface area (Å²) in [5, 5.41) is 25.9. The van der Waals surface area contributed by atoms with Crippen LogP contribution in [0.25, 0.3) is 0 Å². The van der Waals surface area contributed by atoms with Crippen molar-refractivity contribution < 1.29 is 34.2 Å². The van der Waals surface area contributed by atoms with Gasteiger partial charge in [-0.1, -0.05) is 34.1 Å². The zero-order valence-corrected chi connectivity index (χ0v) is 20.5. The summed E-state index contributed by atoms with van der Waals surface area (Å²) in [6.45, 7) is 7.64. The second kappa shape index (κ2) is 16.0. The Morgan fingerprint density at radius 1 is 0.853 bits per heavy atom. The van der Waals surface area contributed by atoms with Crippen LogP contribution in [0.1, 0.15) is 66.2 Å². The van der Waals surface area contributed by atoms with E-state index < -0.39 is 60.2 Å². The standard InChI is InChI=1S/C22H41N5O7/c1-5-13(4)18(27-19(30)14(24)11-17(28)29)21(32)26-16(10-12(2)3)20(31)25-15(22(33)34)8-6-7-9-23/h12-16,18H,5-11,23-24H2,1-4H3,(H,25,31)(H,26,32)(H,27,30)(H,28,29)(H,33,34)/t13-,14-,15-,16-,18-/m0/s1. The van der Waals surface area contributed by atoms with Crippen LogP contribution >= 0.6 is 0 Å². The molecule has 0 aliphatic rings. The van der Waals surface area contributed by atoms with E-state index in [4.69, 9.17) is 16.6 Å². The summed E-state index contributed by atoms with van der Waals surface area (Å²) in [5.74, 6) is -4.85. The van der Waals surface area contributed by atoms with Gasteiger partial charge in [-0.2, -0.15) is 0 Å². The van der Waals surface area contributed by atoms with Gasteiger partial charge in [-0.05, 0) is 44.1 Å². The third-order valence-electron chi connectivity index (χ3n) is 5.43. The van der Waals surface area contributed by atoms with E-state index in [1.165, 1.54) is 0 Å². The molecule has 0 saturated heterocycles. The number of unbranched alkanes of at least 4 members (excludes halogenated alkanes) is 1. The summed E-state index contributed by atoms with van der Waals surface area (Å²) in [4.78, 5) is 60.7. The van der Waals surface area contributed by atoms with Crippen LogP contribution in [0, 0.1) is 11.8 Å². The quantitative estimate of drug-likeness (QED) is 0.132. The number of hydrogen-bond donors (Lipinski definition) is 7. The topological polar surface area (TPSA) is 214 Å². The molecule has 196 valence electrons. The molecule has 0 spiro atoms. The lowest BCUT2D eigenvalue weighted by Crippen LogP contribution is -2.59. The molecule has 0 rings (SSSR count). The van der Waals surface area contributed by atoms with Gasteiger partial charge in [0.15, 0.2) is 0 Å². The van der Waals surface area contributed by atoms with Crippen molar-refractivity contribution >= 4 is 29.7 Å². The first-order valence-corrected chi connectivity index (χ1v) is 11.6. The van der Waals surface area contributed by atoms with Gasteiger partial charge in [0.2, 0.25) is 17.7 Å². The number of aliphatic carboxylic acids is 2. The lowest BCUT2D eigenvalue weighted by Gasteiger charge is -2.28. The van der Waals surface area contributed by atoms with E-state index in [1.807, 2.05) is 20.8 Å². The first-order chi connectivity index (χ1) is 15.8. The molecule has 0 aromatic heterocycles. The van der Waals surface area contributed by atoms with Crippen LogP contribution in [0.2, 0.25) is 0 Å². The maximum atomic E-state index is 13.1. The van der Waals surface area contributed by atoms with Crippen molar-refractivity contribution in [3.63, 3.8) is 0 Å². The fourth-order valence-corrected chi connectivity index (χ4v) is 3.23. The average Bonchev–Trinajstić information content (AvgIpc) is 2.74. The molecule has 0 unspecified atom stereocenters. The summed E-state index contributed by atoms with van der Waals surface area (Å²) in [7, 11) is 0. The van der Waals surface area contributed by atoms with Gasteiger partial charge in [-0.3, -0.25) is 19.2 Å². The highest BCUT2D eigenvalue weighted by Crippen LogP contribution is 2.12. The summed E-state index contributed by atoms with van der Waals surface area (Å²) in [6, 6.07) is -4.54. The van der Waals surface area contributed by atoms with Gasteiger partial charge >= 0.3 is 11.9 Å². The van der Waals surface area contributed by atoms with Crippen LogP contribution in [0.3, 0.4) is 0 Å². The Labute approximate surface area is 200 Å². The molecular weight excluding hydrogens is 446 g/mol. The van der Waals surface area contributed by atoms with Crippen LogP contribution in [-0.2, 0) is 24.0 Å². The Bertz CT molecular complexity index is 701. The van der Waals surface area contributed by atoms with Gasteiger partial charge in [0.05, 0.1) is 12.5 Å². The maximum absolute atomic E-state index is 13.1. The molecule has 0 aliphatic heterocycles. The number of carbonyl (C=O) groups is 5. The van der Waals surface area contributed by atoms with Gasteiger partial charge in [0.25, 0.3) is 0 Å². The molecule has 12 nitrogen and oxygen atoms in total.